The number of hydrogen-bond donors (Lipinski definition) is 2. The van der Waals surface area contributed by atoms with E-state index in [9.17, 15) is 4.79 Å². The number of carbonyl (C=O) groups is 1. The first-order valence-corrected chi connectivity index (χ1v) is 9.68. The lowest BCUT2D eigenvalue weighted by Gasteiger charge is -2.22. The molecule has 4 rings (SSSR count). The van der Waals surface area contributed by atoms with Gasteiger partial charge in [-0.25, -0.2) is 9.78 Å². The topological polar surface area (TPSA) is 86.6 Å². The van der Waals surface area contributed by atoms with Gasteiger partial charge in [0.2, 0.25) is 0 Å². The van der Waals surface area contributed by atoms with Crippen LogP contribution in [-0.2, 0) is 13.6 Å². The molecule has 0 bridgehead atoms. The van der Waals surface area contributed by atoms with E-state index in [0.717, 1.165) is 16.9 Å². The zero-order chi connectivity index (χ0) is 20.9. The molecule has 0 radical (unpaired) electrons. The van der Waals surface area contributed by atoms with E-state index >= 15 is 0 Å². The molecular weight excluding hydrogens is 384 g/mol. The summed E-state index contributed by atoms with van der Waals surface area (Å²) in [5, 5.41) is 5.92. The number of hydrogen-bond acceptors (Lipinski definition) is 5. The van der Waals surface area contributed by atoms with Crippen LogP contribution in [0.15, 0.2) is 54.9 Å². The van der Waals surface area contributed by atoms with Crippen LogP contribution in [0.2, 0.25) is 0 Å². The van der Waals surface area contributed by atoms with E-state index in [4.69, 9.17) is 14.2 Å². The Bertz CT molecular complexity index is 1030. The Hall–Kier alpha value is -3.68. The number of aryl methyl sites for hydroxylation is 1. The maximum absolute atomic E-state index is 12.7. The minimum atomic E-state index is -0.471. The Morgan fingerprint density at radius 1 is 1.20 bits per heavy atom. The first-order valence-electron chi connectivity index (χ1n) is 9.68. The van der Waals surface area contributed by atoms with Gasteiger partial charge < -0.3 is 29.4 Å². The van der Waals surface area contributed by atoms with Crippen molar-refractivity contribution in [1.82, 2.24) is 20.2 Å². The zero-order valence-corrected chi connectivity index (χ0v) is 16.9. The summed E-state index contributed by atoms with van der Waals surface area (Å²) in [6.45, 7) is 1.42. The third kappa shape index (κ3) is 4.17. The molecule has 0 fully saturated rings. The molecule has 1 aromatic heterocycles. The molecule has 0 spiro atoms. The minimum Gasteiger partial charge on any atom is -0.496 e. The number of fused-ring (bicyclic) bond motifs is 1. The predicted octanol–water partition coefficient (Wildman–Crippen LogP) is 2.79. The molecular formula is C22H24N4O4. The number of nitrogens with zero attached hydrogens (tertiary/aromatic N) is 2. The van der Waals surface area contributed by atoms with Gasteiger partial charge in [0.1, 0.15) is 30.8 Å². The van der Waals surface area contributed by atoms with E-state index < -0.39 is 6.04 Å². The molecule has 30 heavy (non-hydrogen) atoms. The van der Waals surface area contributed by atoms with E-state index in [1.54, 1.807) is 13.3 Å². The van der Waals surface area contributed by atoms with Crippen LogP contribution in [0, 0.1) is 0 Å². The lowest BCUT2D eigenvalue weighted by Crippen LogP contribution is -2.39. The predicted molar refractivity (Wildman–Crippen MR) is 111 cm³/mol. The summed E-state index contributed by atoms with van der Waals surface area (Å²) in [5.74, 6) is 2.80. The van der Waals surface area contributed by atoms with Crippen molar-refractivity contribution >= 4 is 6.03 Å². The molecule has 156 valence electrons. The minimum absolute atomic E-state index is 0.316. The molecule has 0 saturated carbocycles. The zero-order valence-electron chi connectivity index (χ0n) is 16.9. The molecule has 2 amide bonds. The van der Waals surface area contributed by atoms with Gasteiger partial charge in [-0.05, 0) is 23.8 Å². The number of nitrogens with one attached hydrogen (secondary N) is 2. The Morgan fingerprint density at radius 3 is 2.77 bits per heavy atom. The summed E-state index contributed by atoms with van der Waals surface area (Å²) >= 11 is 0. The summed E-state index contributed by atoms with van der Waals surface area (Å²) in [7, 11) is 3.50. The van der Waals surface area contributed by atoms with E-state index in [-0.39, 0.29) is 6.03 Å². The lowest BCUT2D eigenvalue weighted by atomic mass is 10.0. The smallest absolute Gasteiger partial charge is 0.315 e. The third-order valence-electron chi connectivity index (χ3n) is 4.90. The molecule has 0 saturated heterocycles. The average Bonchev–Trinajstić information content (AvgIpc) is 3.21. The van der Waals surface area contributed by atoms with Gasteiger partial charge in [-0.15, -0.1) is 0 Å². The summed E-state index contributed by atoms with van der Waals surface area (Å²) < 4.78 is 18.5. The van der Waals surface area contributed by atoms with Gasteiger partial charge in [0, 0.05) is 31.5 Å². The van der Waals surface area contributed by atoms with E-state index in [0.29, 0.717) is 37.1 Å². The highest BCUT2D eigenvalue weighted by Gasteiger charge is 2.23. The molecule has 0 aliphatic carbocycles. The third-order valence-corrected chi connectivity index (χ3v) is 4.90. The van der Waals surface area contributed by atoms with Crippen LogP contribution in [0.1, 0.15) is 23.0 Å². The number of amides is 2. The van der Waals surface area contributed by atoms with Gasteiger partial charge in [-0.1, -0.05) is 24.3 Å². The summed E-state index contributed by atoms with van der Waals surface area (Å²) in [5.41, 5.74) is 1.74. The fourth-order valence-electron chi connectivity index (χ4n) is 3.40. The first-order chi connectivity index (χ1) is 14.7. The monoisotopic (exact) mass is 408 g/mol. The lowest BCUT2D eigenvalue weighted by molar-refractivity contribution is 0.171. The summed E-state index contributed by atoms with van der Waals surface area (Å²) in [6.07, 6.45) is 3.54. The maximum Gasteiger partial charge on any atom is 0.315 e. The van der Waals surface area contributed by atoms with Crippen molar-refractivity contribution < 1.29 is 19.0 Å². The molecule has 2 aromatic carbocycles. The highest BCUT2D eigenvalue weighted by atomic mass is 16.6. The SMILES string of the molecule is COc1ccccc1C(NC(=O)NCc1ccc2c(c1)OCCO2)c1nccn1C. The number of carbonyl (C=O) groups excluding carboxylic acids is 1. The average molecular weight is 408 g/mol. The number of benzene rings is 2. The normalized spacial score (nSPS) is 13.4. The van der Waals surface area contributed by atoms with Gasteiger partial charge in [-0.3, -0.25) is 0 Å². The molecule has 8 nitrogen and oxygen atoms in total. The Kier molecular flexibility index (Phi) is 5.74. The number of aromatic nitrogens is 2. The van der Waals surface area contributed by atoms with Crippen LogP contribution in [0.4, 0.5) is 4.79 Å². The van der Waals surface area contributed by atoms with Gasteiger partial charge in [0.15, 0.2) is 11.5 Å². The quantitative estimate of drug-likeness (QED) is 0.655. The van der Waals surface area contributed by atoms with Crippen molar-refractivity contribution in [2.45, 2.75) is 12.6 Å². The van der Waals surface area contributed by atoms with Gasteiger partial charge >= 0.3 is 6.03 Å². The van der Waals surface area contributed by atoms with Crippen molar-refractivity contribution in [1.29, 1.82) is 0 Å². The van der Waals surface area contributed by atoms with Crippen molar-refractivity contribution in [3.63, 3.8) is 0 Å². The van der Waals surface area contributed by atoms with Crippen LogP contribution >= 0.6 is 0 Å². The van der Waals surface area contributed by atoms with Crippen LogP contribution in [0.5, 0.6) is 17.2 Å². The highest BCUT2D eigenvalue weighted by molar-refractivity contribution is 5.75. The number of urea groups is 1. The number of rotatable bonds is 6. The van der Waals surface area contributed by atoms with E-state index in [2.05, 4.69) is 15.6 Å². The number of para-hydroxylation sites is 1. The molecule has 1 unspecified atom stereocenters. The summed E-state index contributed by atoms with van der Waals surface area (Å²) in [4.78, 5) is 17.2. The molecule has 8 heteroatoms. The van der Waals surface area contributed by atoms with Crippen molar-refractivity contribution in [2.24, 2.45) is 7.05 Å². The Balaban J connectivity index is 1.49. The second kappa shape index (κ2) is 8.77. The van der Waals surface area contributed by atoms with Crippen LogP contribution in [0.25, 0.3) is 0 Å². The highest BCUT2D eigenvalue weighted by Crippen LogP contribution is 2.31. The molecule has 1 aliphatic heterocycles. The van der Waals surface area contributed by atoms with Crippen molar-refractivity contribution in [3.05, 3.63) is 71.8 Å². The number of imidazole rings is 1. The second-order valence-electron chi connectivity index (χ2n) is 6.88. The largest absolute Gasteiger partial charge is 0.496 e. The fourth-order valence-corrected chi connectivity index (χ4v) is 3.40. The van der Waals surface area contributed by atoms with Gasteiger partial charge in [0.05, 0.1) is 7.11 Å². The Morgan fingerprint density at radius 2 is 2.00 bits per heavy atom. The number of ether oxygens (including phenoxy) is 3. The maximum atomic E-state index is 12.7. The van der Waals surface area contributed by atoms with Gasteiger partial charge in [-0.2, -0.15) is 0 Å². The van der Waals surface area contributed by atoms with Crippen LogP contribution < -0.4 is 24.8 Å². The molecule has 2 heterocycles. The van der Waals surface area contributed by atoms with E-state index in [1.165, 1.54) is 0 Å². The van der Waals surface area contributed by atoms with Crippen LogP contribution in [0.3, 0.4) is 0 Å². The summed E-state index contributed by atoms with van der Waals surface area (Å²) in [6, 6.07) is 12.4. The standard InChI is InChI=1S/C22H24N4O4/c1-26-10-9-23-21(26)20(16-5-3-4-6-17(16)28-2)25-22(27)24-14-15-7-8-18-19(13-15)30-12-11-29-18/h3-10,13,20H,11-12,14H2,1-2H3,(H2,24,25,27). The molecule has 3 aromatic rings. The van der Waals surface area contributed by atoms with Crippen LogP contribution in [-0.4, -0.2) is 35.9 Å². The Labute approximate surface area is 174 Å². The first kappa shape index (κ1) is 19.6. The van der Waals surface area contributed by atoms with Gasteiger partial charge in [0.25, 0.3) is 0 Å². The molecule has 1 aliphatic rings. The molecule has 2 N–H and O–H groups in total. The number of methoxy groups -OCH3 is 1. The second-order valence-corrected chi connectivity index (χ2v) is 6.88. The van der Waals surface area contributed by atoms with Crippen molar-refractivity contribution in [3.8, 4) is 17.2 Å². The fraction of sp³-hybridized carbons (Fsp3) is 0.273. The van der Waals surface area contributed by atoms with E-state index in [1.807, 2.05) is 60.3 Å². The van der Waals surface area contributed by atoms with Crippen molar-refractivity contribution in [2.75, 3.05) is 20.3 Å². The molecule has 1 atom stereocenters.